The Hall–Kier alpha value is -3.52. The van der Waals surface area contributed by atoms with Crippen LogP contribution in [0.25, 0.3) is 0 Å². The van der Waals surface area contributed by atoms with Gasteiger partial charge < -0.3 is 14.4 Å². The summed E-state index contributed by atoms with van der Waals surface area (Å²) in [5.41, 5.74) is 2.73. The van der Waals surface area contributed by atoms with Gasteiger partial charge in [-0.25, -0.2) is 9.18 Å². The van der Waals surface area contributed by atoms with Crippen LogP contribution in [-0.4, -0.2) is 37.3 Å². The molecule has 2 atom stereocenters. The third-order valence-electron chi connectivity index (χ3n) is 5.38. The van der Waals surface area contributed by atoms with Gasteiger partial charge in [-0.15, -0.1) is 0 Å². The Kier molecular flexibility index (Phi) is 6.84. The summed E-state index contributed by atoms with van der Waals surface area (Å²) in [4.78, 5) is 31.1. The lowest BCUT2D eigenvalue weighted by Gasteiger charge is -2.29. The number of carbonyl (C=O) groups excluding carboxylic acids is 2. The van der Waals surface area contributed by atoms with Gasteiger partial charge in [0.2, 0.25) is 0 Å². The first-order valence-electron chi connectivity index (χ1n) is 10.3. The fraction of sp³-hybridized carbons (Fsp3) is 0.160. The smallest absolute Gasteiger partial charge is 0.409 e. The van der Waals surface area contributed by atoms with E-state index < -0.39 is 24.1 Å². The van der Waals surface area contributed by atoms with Crippen LogP contribution in [-0.2, 0) is 16.1 Å². The number of likely N-dealkylation sites (N-methyl/N-ethyl adjacent to an activating group) is 1. The number of nitrogens with zero attached hydrogens (tertiary/aromatic N) is 2. The van der Waals surface area contributed by atoms with Gasteiger partial charge >= 0.3 is 6.09 Å². The minimum Gasteiger partial charge on any atom is -0.445 e. The fourth-order valence-corrected chi connectivity index (χ4v) is 4.06. The van der Waals surface area contributed by atoms with Crippen LogP contribution in [0.15, 0.2) is 82.3 Å². The monoisotopic (exact) mass is 509 g/mol. The molecule has 3 aromatic rings. The molecule has 33 heavy (non-hydrogen) atoms. The van der Waals surface area contributed by atoms with Crippen molar-refractivity contribution in [2.75, 3.05) is 11.9 Å². The van der Waals surface area contributed by atoms with Crippen LogP contribution in [0.5, 0.6) is 0 Å². The molecule has 0 fully saturated rings. The summed E-state index contributed by atoms with van der Waals surface area (Å²) < 4.78 is 20.9. The van der Waals surface area contributed by atoms with Crippen molar-refractivity contribution in [3.63, 3.8) is 0 Å². The second-order valence-corrected chi connectivity index (χ2v) is 8.42. The van der Waals surface area contributed by atoms with Gasteiger partial charge in [-0.3, -0.25) is 10.3 Å². The molecule has 0 radical (unpaired) electrons. The zero-order chi connectivity index (χ0) is 23.4. The number of ether oxygens (including phenoxy) is 1. The predicted octanol–water partition coefficient (Wildman–Crippen LogP) is 4.70. The molecule has 1 heterocycles. The highest BCUT2D eigenvalue weighted by molar-refractivity contribution is 9.10. The van der Waals surface area contributed by atoms with E-state index in [1.165, 1.54) is 6.07 Å². The summed E-state index contributed by atoms with van der Waals surface area (Å²) in [6, 6.07) is 20.1. The second kappa shape index (κ2) is 9.95. The molecule has 0 aromatic heterocycles. The number of aldehydes is 1. The molecule has 1 amide bonds. The van der Waals surface area contributed by atoms with Crippen molar-refractivity contribution < 1.29 is 18.7 Å². The first-order valence-corrected chi connectivity index (χ1v) is 11.0. The Bertz CT molecular complexity index is 1200. The normalized spacial score (nSPS) is 17.4. The van der Waals surface area contributed by atoms with E-state index in [4.69, 9.17) is 4.74 Å². The number of fused-ring (bicyclic) bond motifs is 1. The van der Waals surface area contributed by atoms with Gasteiger partial charge in [0.15, 0.2) is 6.17 Å². The molecule has 0 bridgehead atoms. The summed E-state index contributed by atoms with van der Waals surface area (Å²) in [5, 5.41) is 2.67. The van der Waals surface area contributed by atoms with Gasteiger partial charge in [0, 0.05) is 28.3 Å². The molecule has 4 rings (SSSR count). The average Bonchev–Trinajstić information content (AvgIpc) is 2.92. The van der Waals surface area contributed by atoms with E-state index >= 15 is 0 Å². The highest BCUT2D eigenvalue weighted by atomic mass is 79.9. The molecular weight excluding hydrogens is 489 g/mol. The third-order valence-corrected chi connectivity index (χ3v) is 5.87. The highest BCUT2D eigenvalue weighted by Gasteiger charge is 2.33. The largest absolute Gasteiger partial charge is 0.445 e. The van der Waals surface area contributed by atoms with Crippen molar-refractivity contribution in [2.45, 2.75) is 18.8 Å². The second-order valence-electron chi connectivity index (χ2n) is 7.51. The summed E-state index contributed by atoms with van der Waals surface area (Å²) >= 11 is 3.46. The Balaban J connectivity index is 1.72. The standard InChI is InChI=1S/C25H21BrFN3O3/c1-30-21-12-11-17(26)13-19(21)23(18-9-5-6-10-20(18)27)28-24(22(30)14-31)29-25(32)33-15-16-7-3-2-4-8-16/h2-14,22,24H,15H2,1H3,(H,29,32). The number of benzene rings is 3. The molecule has 1 N–H and O–H groups in total. The number of alkyl carbamates (subject to hydrolysis) is 1. The molecule has 3 aromatic carbocycles. The van der Waals surface area contributed by atoms with Crippen LogP contribution in [0, 0.1) is 5.82 Å². The molecule has 1 aliphatic heterocycles. The molecule has 0 aliphatic carbocycles. The minimum absolute atomic E-state index is 0.0675. The Morgan fingerprint density at radius 2 is 1.85 bits per heavy atom. The van der Waals surface area contributed by atoms with Gasteiger partial charge in [-0.2, -0.15) is 0 Å². The zero-order valence-electron chi connectivity index (χ0n) is 17.7. The van der Waals surface area contributed by atoms with E-state index in [0.717, 1.165) is 10.0 Å². The van der Waals surface area contributed by atoms with Crippen molar-refractivity contribution >= 4 is 39.7 Å². The van der Waals surface area contributed by atoms with Crippen LogP contribution >= 0.6 is 15.9 Å². The molecule has 0 saturated heterocycles. The quantitative estimate of drug-likeness (QED) is 0.506. The molecule has 8 heteroatoms. The van der Waals surface area contributed by atoms with Gasteiger partial charge in [0.1, 0.15) is 24.8 Å². The SMILES string of the molecule is CN1c2ccc(Br)cc2C(c2ccccc2F)=NC(NC(=O)OCc2ccccc2)C1C=O. The number of hydrogen-bond donors (Lipinski definition) is 1. The number of benzodiazepines with no additional fused rings is 1. The number of hydrogen-bond acceptors (Lipinski definition) is 5. The summed E-state index contributed by atoms with van der Waals surface area (Å²) in [7, 11) is 1.73. The first-order chi connectivity index (χ1) is 16.0. The number of amides is 1. The maximum atomic E-state index is 14.8. The van der Waals surface area contributed by atoms with Crippen molar-refractivity contribution in [3.05, 3.63) is 99.8 Å². The number of halogens is 2. The van der Waals surface area contributed by atoms with E-state index in [0.29, 0.717) is 23.2 Å². The topological polar surface area (TPSA) is 71.0 Å². The predicted molar refractivity (Wildman–Crippen MR) is 128 cm³/mol. The van der Waals surface area contributed by atoms with Crippen LogP contribution < -0.4 is 10.2 Å². The number of nitrogens with one attached hydrogen (secondary N) is 1. The van der Waals surface area contributed by atoms with Crippen LogP contribution in [0.2, 0.25) is 0 Å². The molecule has 0 spiro atoms. The molecular formula is C25H21BrFN3O3. The maximum Gasteiger partial charge on any atom is 0.409 e. The van der Waals surface area contributed by atoms with Gasteiger partial charge in [0.05, 0.1) is 5.71 Å². The summed E-state index contributed by atoms with van der Waals surface area (Å²) in [5.74, 6) is -0.459. The fourth-order valence-electron chi connectivity index (χ4n) is 3.70. The van der Waals surface area contributed by atoms with E-state index in [2.05, 4.69) is 26.2 Å². The van der Waals surface area contributed by atoms with E-state index in [-0.39, 0.29) is 12.2 Å². The minimum atomic E-state index is -1.00. The Morgan fingerprint density at radius 1 is 1.12 bits per heavy atom. The molecule has 2 unspecified atom stereocenters. The number of aliphatic imine (C=N–C) groups is 1. The van der Waals surface area contributed by atoms with Crippen molar-refractivity contribution in [1.29, 1.82) is 0 Å². The summed E-state index contributed by atoms with van der Waals surface area (Å²) in [6.07, 6.45) is -1.02. The maximum absolute atomic E-state index is 14.8. The number of rotatable bonds is 5. The lowest BCUT2D eigenvalue weighted by molar-refractivity contribution is -0.109. The lowest BCUT2D eigenvalue weighted by Crippen LogP contribution is -2.50. The molecule has 168 valence electrons. The van der Waals surface area contributed by atoms with Gasteiger partial charge in [-0.1, -0.05) is 58.4 Å². The molecule has 6 nitrogen and oxygen atoms in total. The van der Waals surface area contributed by atoms with Crippen LogP contribution in [0.1, 0.15) is 16.7 Å². The van der Waals surface area contributed by atoms with Crippen molar-refractivity contribution in [2.24, 2.45) is 4.99 Å². The van der Waals surface area contributed by atoms with E-state index in [9.17, 15) is 14.0 Å². The lowest BCUT2D eigenvalue weighted by atomic mass is 10.00. The van der Waals surface area contributed by atoms with Crippen molar-refractivity contribution in [1.82, 2.24) is 5.32 Å². The Morgan fingerprint density at radius 3 is 2.58 bits per heavy atom. The van der Waals surface area contributed by atoms with Crippen LogP contribution in [0.3, 0.4) is 0 Å². The van der Waals surface area contributed by atoms with Gasteiger partial charge in [0.25, 0.3) is 0 Å². The Labute approximate surface area is 199 Å². The molecule has 1 aliphatic rings. The summed E-state index contributed by atoms with van der Waals surface area (Å²) in [6.45, 7) is 0.0675. The zero-order valence-corrected chi connectivity index (χ0v) is 19.3. The van der Waals surface area contributed by atoms with Crippen LogP contribution in [0.4, 0.5) is 14.9 Å². The van der Waals surface area contributed by atoms with Gasteiger partial charge in [-0.05, 0) is 35.9 Å². The number of carbonyl (C=O) groups is 2. The average molecular weight is 510 g/mol. The molecule has 0 saturated carbocycles. The number of anilines is 1. The first kappa shape index (κ1) is 22.7. The van der Waals surface area contributed by atoms with E-state index in [1.807, 2.05) is 48.5 Å². The highest BCUT2D eigenvalue weighted by Crippen LogP contribution is 2.32. The third kappa shape index (κ3) is 4.96. The van der Waals surface area contributed by atoms with E-state index in [1.54, 1.807) is 30.1 Å². The van der Waals surface area contributed by atoms with Crippen molar-refractivity contribution in [3.8, 4) is 0 Å².